The summed E-state index contributed by atoms with van der Waals surface area (Å²) in [6, 6.07) is 5.42. The summed E-state index contributed by atoms with van der Waals surface area (Å²) < 4.78 is 26.1. The number of aromatic carboxylic acids is 1. The third kappa shape index (κ3) is 3.05. The number of carboxylic acid groups (broad SMARTS) is 1. The van der Waals surface area contributed by atoms with Gasteiger partial charge < -0.3 is 5.11 Å². The summed E-state index contributed by atoms with van der Waals surface area (Å²) in [6.45, 7) is 0. The number of rotatable bonds is 4. The first kappa shape index (κ1) is 13.0. The summed E-state index contributed by atoms with van der Waals surface area (Å²) in [7, 11) is -3.77. The number of pyridine rings is 2. The quantitative estimate of drug-likeness (QED) is 0.863. The van der Waals surface area contributed by atoms with E-state index in [4.69, 9.17) is 5.11 Å². The van der Waals surface area contributed by atoms with Crippen molar-refractivity contribution in [2.45, 2.75) is 4.90 Å². The molecule has 2 N–H and O–H groups in total. The number of hydrogen-bond donors (Lipinski definition) is 2. The van der Waals surface area contributed by atoms with Gasteiger partial charge in [-0.2, -0.15) is 0 Å². The van der Waals surface area contributed by atoms with Gasteiger partial charge >= 0.3 is 5.97 Å². The molecule has 2 heterocycles. The van der Waals surface area contributed by atoms with Gasteiger partial charge in [-0.1, -0.05) is 0 Å². The van der Waals surface area contributed by atoms with Crippen LogP contribution in [0.2, 0.25) is 0 Å². The molecule has 0 aliphatic rings. The first-order chi connectivity index (χ1) is 8.99. The van der Waals surface area contributed by atoms with Crippen molar-refractivity contribution in [3.05, 3.63) is 48.4 Å². The second kappa shape index (κ2) is 5.02. The number of sulfonamides is 1. The Morgan fingerprint density at radius 3 is 2.53 bits per heavy atom. The molecule has 0 bridgehead atoms. The maximum atomic E-state index is 11.9. The molecule has 0 unspecified atom stereocenters. The van der Waals surface area contributed by atoms with Crippen LogP contribution in [0.4, 0.5) is 5.82 Å². The highest BCUT2D eigenvalue weighted by Gasteiger charge is 2.14. The fourth-order valence-corrected chi connectivity index (χ4v) is 2.25. The molecule has 8 heteroatoms. The third-order valence-corrected chi connectivity index (χ3v) is 3.53. The molecular weight excluding hydrogens is 270 g/mol. The average Bonchev–Trinajstić information content (AvgIpc) is 2.40. The molecule has 2 aromatic rings. The zero-order chi connectivity index (χ0) is 13.9. The van der Waals surface area contributed by atoms with Gasteiger partial charge in [-0.25, -0.2) is 18.2 Å². The summed E-state index contributed by atoms with van der Waals surface area (Å²) in [6.07, 6.45) is 3.73. The van der Waals surface area contributed by atoms with Crippen LogP contribution in [0.25, 0.3) is 0 Å². The number of nitrogens with zero attached hydrogens (tertiary/aromatic N) is 2. The summed E-state index contributed by atoms with van der Waals surface area (Å²) in [5.41, 5.74) is -0.0238. The van der Waals surface area contributed by atoms with Crippen LogP contribution in [0.5, 0.6) is 0 Å². The Labute approximate surface area is 109 Å². The van der Waals surface area contributed by atoms with Crippen molar-refractivity contribution in [2.24, 2.45) is 0 Å². The first-order valence-corrected chi connectivity index (χ1v) is 6.59. The van der Waals surface area contributed by atoms with Gasteiger partial charge in [0.05, 0.1) is 5.56 Å². The Hall–Kier alpha value is -2.48. The standard InChI is InChI=1S/C11H9N3O4S/c15-11(16)8-3-4-10(13-6-8)14-19(17,18)9-2-1-5-12-7-9/h1-7H,(H,13,14)(H,15,16). The van der Waals surface area contributed by atoms with E-state index in [2.05, 4.69) is 14.7 Å². The van der Waals surface area contributed by atoms with E-state index in [1.165, 1.54) is 36.7 Å². The highest BCUT2D eigenvalue weighted by atomic mass is 32.2. The third-order valence-electron chi connectivity index (χ3n) is 2.19. The highest BCUT2D eigenvalue weighted by Crippen LogP contribution is 2.13. The molecule has 0 radical (unpaired) electrons. The van der Waals surface area contributed by atoms with E-state index < -0.39 is 16.0 Å². The molecule has 7 nitrogen and oxygen atoms in total. The van der Waals surface area contributed by atoms with Crippen molar-refractivity contribution in [1.82, 2.24) is 9.97 Å². The lowest BCUT2D eigenvalue weighted by atomic mass is 10.3. The Kier molecular flexibility index (Phi) is 3.43. The smallest absolute Gasteiger partial charge is 0.337 e. The molecule has 0 aliphatic carbocycles. The summed E-state index contributed by atoms with van der Waals surface area (Å²) in [5.74, 6) is -1.09. The van der Waals surface area contributed by atoms with E-state index in [-0.39, 0.29) is 16.3 Å². The minimum Gasteiger partial charge on any atom is -0.478 e. The molecular formula is C11H9N3O4S. The van der Waals surface area contributed by atoms with E-state index >= 15 is 0 Å². The van der Waals surface area contributed by atoms with E-state index in [1.54, 1.807) is 0 Å². The topological polar surface area (TPSA) is 109 Å². The zero-order valence-corrected chi connectivity index (χ0v) is 10.3. The van der Waals surface area contributed by atoms with Crippen LogP contribution in [-0.2, 0) is 10.0 Å². The summed E-state index contributed by atoms with van der Waals surface area (Å²) >= 11 is 0. The van der Waals surface area contributed by atoms with E-state index in [1.807, 2.05) is 0 Å². The molecule has 0 amide bonds. The van der Waals surface area contributed by atoms with Gasteiger partial charge in [-0.15, -0.1) is 0 Å². The Morgan fingerprint density at radius 1 is 1.21 bits per heavy atom. The number of carboxylic acids is 1. The second-order valence-corrected chi connectivity index (χ2v) is 5.21. The second-order valence-electron chi connectivity index (χ2n) is 3.53. The van der Waals surface area contributed by atoms with E-state index in [0.29, 0.717) is 0 Å². The highest BCUT2D eigenvalue weighted by molar-refractivity contribution is 7.92. The van der Waals surface area contributed by atoms with Crippen LogP contribution < -0.4 is 4.72 Å². The number of nitrogens with one attached hydrogen (secondary N) is 1. The predicted octanol–water partition coefficient (Wildman–Crippen LogP) is 0.976. The minimum atomic E-state index is -3.77. The normalized spacial score (nSPS) is 10.9. The monoisotopic (exact) mass is 279 g/mol. The largest absolute Gasteiger partial charge is 0.478 e. The fraction of sp³-hybridized carbons (Fsp3) is 0. The number of hydrogen-bond acceptors (Lipinski definition) is 5. The molecule has 0 aromatic carbocycles. The van der Waals surface area contributed by atoms with Crippen LogP contribution >= 0.6 is 0 Å². The predicted molar refractivity (Wildman–Crippen MR) is 66.2 cm³/mol. The molecule has 98 valence electrons. The van der Waals surface area contributed by atoms with Crippen LogP contribution in [0.1, 0.15) is 10.4 Å². The van der Waals surface area contributed by atoms with Gasteiger partial charge in [-0.3, -0.25) is 9.71 Å². The van der Waals surface area contributed by atoms with Gasteiger partial charge in [-0.05, 0) is 24.3 Å². The molecule has 0 saturated carbocycles. The van der Waals surface area contributed by atoms with Crippen LogP contribution in [0.15, 0.2) is 47.8 Å². The van der Waals surface area contributed by atoms with E-state index in [0.717, 1.165) is 6.20 Å². The molecule has 0 atom stereocenters. The van der Waals surface area contributed by atoms with Crippen molar-refractivity contribution >= 4 is 21.8 Å². The molecule has 2 aromatic heterocycles. The molecule has 0 aliphatic heterocycles. The fourth-order valence-electron chi connectivity index (χ4n) is 1.28. The first-order valence-electron chi connectivity index (χ1n) is 5.11. The van der Waals surface area contributed by atoms with Crippen molar-refractivity contribution in [3.63, 3.8) is 0 Å². The Bertz CT molecular complexity index is 684. The van der Waals surface area contributed by atoms with Gasteiger partial charge in [0, 0.05) is 18.6 Å². The van der Waals surface area contributed by atoms with Gasteiger partial charge in [0.15, 0.2) is 0 Å². The zero-order valence-electron chi connectivity index (χ0n) is 9.52. The summed E-state index contributed by atoms with van der Waals surface area (Å²) in [4.78, 5) is 18.1. The van der Waals surface area contributed by atoms with Crippen LogP contribution in [0.3, 0.4) is 0 Å². The van der Waals surface area contributed by atoms with Crippen molar-refractivity contribution in [2.75, 3.05) is 4.72 Å². The van der Waals surface area contributed by atoms with Crippen LogP contribution in [0, 0.1) is 0 Å². The number of aromatic nitrogens is 2. The lowest BCUT2D eigenvalue weighted by Crippen LogP contribution is -2.14. The minimum absolute atomic E-state index is 0.000823. The molecule has 0 spiro atoms. The number of carbonyl (C=O) groups is 1. The molecule has 0 fully saturated rings. The maximum Gasteiger partial charge on any atom is 0.337 e. The Balaban J connectivity index is 2.24. The van der Waals surface area contributed by atoms with Crippen molar-refractivity contribution in [1.29, 1.82) is 0 Å². The number of anilines is 1. The lowest BCUT2D eigenvalue weighted by Gasteiger charge is -2.06. The lowest BCUT2D eigenvalue weighted by molar-refractivity contribution is 0.0696. The van der Waals surface area contributed by atoms with Gasteiger partial charge in [0.25, 0.3) is 10.0 Å². The molecule has 19 heavy (non-hydrogen) atoms. The van der Waals surface area contributed by atoms with E-state index in [9.17, 15) is 13.2 Å². The summed E-state index contributed by atoms with van der Waals surface area (Å²) in [5, 5.41) is 8.70. The maximum absolute atomic E-state index is 11.9. The molecule has 0 saturated heterocycles. The van der Waals surface area contributed by atoms with Crippen molar-refractivity contribution < 1.29 is 18.3 Å². The molecule has 2 rings (SSSR count). The van der Waals surface area contributed by atoms with Gasteiger partial charge in [0.2, 0.25) is 0 Å². The van der Waals surface area contributed by atoms with Crippen molar-refractivity contribution in [3.8, 4) is 0 Å². The van der Waals surface area contributed by atoms with Crippen LogP contribution in [-0.4, -0.2) is 29.5 Å². The van der Waals surface area contributed by atoms with Gasteiger partial charge in [0.1, 0.15) is 10.7 Å². The SMILES string of the molecule is O=C(O)c1ccc(NS(=O)(=O)c2cccnc2)nc1. The average molecular weight is 279 g/mol. The Morgan fingerprint density at radius 2 is 2.00 bits per heavy atom.